The monoisotopic (exact) mass is 237 g/mol. The average molecular weight is 237 g/mol. The molecule has 1 aliphatic carbocycles. The number of benzene rings is 1. The van der Waals surface area contributed by atoms with E-state index in [1.54, 1.807) is 0 Å². The Bertz CT molecular complexity index is 406. The van der Waals surface area contributed by atoms with Crippen LogP contribution in [-0.4, -0.2) is 6.04 Å². The molecule has 17 heavy (non-hydrogen) atoms. The smallest absolute Gasteiger partial charge is 0.126 e. The molecule has 0 amide bonds. The van der Waals surface area contributed by atoms with Crippen molar-refractivity contribution in [2.24, 2.45) is 5.73 Å². The quantitative estimate of drug-likeness (QED) is 0.784. The second-order valence-corrected chi connectivity index (χ2v) is 4.69. The zero-order valence-corrected chi connectivity index (χ0v) is 9.76. The van der Waals surface area contributed by atoms with Crippen LogP contribution in [0.5, 0.6) is 0 Å². The highest BCUT2D eigenvalue weighted by Gasteiger charge is 2.10. The van der Waals surface area contributed by atoms with E-state index >= 15 is 0 Å². The second kappa shape index (κ2) is 5.41. The molecule has 0 aliphatic heterocycles. The van der Waals surface area contributed by atoms with E-state index in [0.29, 0.717) is 12.0 Å². The van der Waals surface area contributed by atoms with E-state index in [9.17, 15) is 8.78 Å². The van der Waals surface area contributed by atoms with Crippen LogP contribution in [0.1, 0.15) is 31.2 Å². The van der Waals surface area contributed by atoms with E-state index in [-0.39, 0.29) is 6.04 Å². The zero-order chi connectivity index (χ0) is 12.3. The van der Waals surface area contributed by atoms with Crippen molar-refractivity contribution < 1.29 is 8.78 Å². The Morgan fingerprint density at radius 3 is 2.53 bits per heavy atom. The molecule has 0 bridgehead atoms. The molecule has 0 radical (unpaired) electrons. The average Bonchev–Trinajstić information content (AvgIpc) is 2.41. The van der Waals surface area contributed by atoms with E-state index in [1.807, 2.05) is 0 Å². The summed E-state index contributed by atoms with van der Waals surface area (Å²) in [5, 5.41) is 0. The summed E-state index contributed by atoms with van der Waals surface area (Å²) in [5.74, 6) is -1.03. The van der Waals surface area contributed by atoms with Crippen LogP contribution < -0.4 is 5.73 Å². The SMILES string of the molecule is NC1C=C(Cc2cc(F)cc(F)c2)CCCC1. The number of hydrogen-bond donors (Lipinski definition) is 1. The lowest BCUT2D eigenvalue weighted by Gasteiger charge is -2.07. The standard InChI is InChI=1S/C14H17F2N/c15-12-6-11(7-13(16)9-12)5-10-3-1-2-4-14(17)8-10/h6-9,14H,1-5,17H2. The van der Waals surface area contributed by atoms with E-state index in [1.165, 1.54) is 17.7 Å². The summed E-state index contributed by atoms with van der Waals surface area (Å²) >= 11 is 0. The first kappa shape index (κ1) is 12.2. The molecular formula is C14H17F2N. The summed E-state index contributed by atoms with van der Waals surface area (Å²) in [7, 11) is 0. The van der Waals surface area contributed by atoms with Gasteiger partial charge in [0, 0.05) is 12.1 Å². The highest BCUT2D eigenvalue weighted by atomic mass is 19.1. The summed E-state index contributed by atoms with van der Waals surface area (Å²) in [6.45, 7) is 0. The Hall–Kier alpha value is -1.22. The van der Waals surface area contributed by atoms with Crippen molar-refractivity contribution in [3.05, 3.63) is 47.0 Å². The van der Waals surface area contributed by atoms with Crippen molar-refractivity contribution in [2.75, 3.05) is 0 Å². The highest BCUT2D eigenvalue weighted by molar-refractivity contribution is 5.24. The van der Waals surface area contributed by atoms with Gasteiger partial charge in [-0.2, -0.15) is 0 Å². The molecule has 1 aromatic rings. The van der Waals surface area contributed by atoms with Crippen LogP contribution in [0, 0.1) is 11.6 Å². The van der Waals surface area contributed by atoms with Crippen LogP contribution in [0.15, 0.2) is 29.8 Å². The largest absolute Gasteiger partial charge is 0.324 e. The van der Waals surface area contributed by atoms with Crippen LogP contribution >= 0.6 is 0 Å². The van der Waals surface area contributed by atoms with Gasteiger partial charge in [-0.15, -0.1) is 0 Å². The number of rotatable bonds is 2. The molecule has 3 heteroatoms. The number of halogens is 2. The molecule has 1 aromatic carbocycles. The Morgan fingerprint density at radius 1 is 1.12 bits per heavy atom. The maximum absolute atomic E-state index is 13.1. The minimum atomic E-state index is -0.515. The van der Waals surface area contributed by atoms with Gasteiger partial charge in [-0.1, -0.05) is 18.1 Å². The van der Waals surface area contributed by atoms with Crippen LogP contribution in [0.3, 0.4) is 0 Å². The molecule has 0 heterocycles. The van der Waals surface area contributed by atoms with Gasteiger partial charge in [0.1, 0.15) is 11.6 Å². The lowest BCUT2D eigenvalue weighted by molar-refractivity contribution is 0.580. The lowest BCUT2D eigenvalue weighted by atomic mass is 10.0. The normalized spacial score (nSPS) is 20.9. The van der Waals surface area contributed by atoms with Gasteiger partial charge in [-0.3, -0.25) is 0 Å². The van der Waals surface area contributed by atoms with Crippen molar-refractivity contribution >= 4 is 0 Å². The van der Waals surface area contributed by atoms with E-state index in [4.69, 9.17) is 5.73 Å². The van der Waals surface area contributed by atoms with Crippen LogP contribution in [-0.2, 0) is 6.42 Å². The lowest BCUT2D eigenvalue weighted by Crippen LogP contribution is -2.16. The predicted octanol–water partition coefficient (Wildman–Crippen LogP) is 3.34. The van der Waals surface area contributed by atoms with Gasteiger partial charge < -0.3 is 5.73 Å². The van der Waals surface area contributed by atoms with Gasteiger partial charge in [-0.25, -0.2) is 8.78 Å². The first-order valence-electron chi connectivity index (χ1n) is 6.03. The fourth-order valence-corrected chi connectivity index (χ4v) is 2.32. The topological polar surface area (TPSA) is 26.0 Å². The summed E-state index contributed by atoms with van der Waals surface area (Å²) in [5.41, 5.74) is 7.79. The molecule has 0 saturated heterocycles. The maximum atomic E-state index is 13.1. The number of nitrogens with two attached hydrogens (primary N) is 1. The molecule has 0 saturated carbocycles. The third kappa shape index (κ3) is 3.63. The summed E-state index contributed by atoms with van der Waals surface area (Å²) in [6.07, 6.45) is 6.86. The summed E-state index contributed by atoms with van der Waals surface area (Å²) < 4.78 is 26.1. The Labute approximate surface area is 100 Å². The number of allylic oxidation sites excluding steroid dienone is 1. The third-order valence-electron chi connectivity index (χ3n) is 3.09. The fraction of sp³-hybridized carbons (Fsp3) is 0.429. The third-order valence-corrected chi connectivity index (χ3v) is 3.09. The van der Waals surface area contributed by atoms with Crippen molar-refractivity contribution in [2.45, 2.75) is 38.1 Å². The molecule has 2 N–H and O–H groups in total. The van der Waals surface area contributed by atoms with Gasteiger partial charge >= 0.3 is 0 Å². The molecule has 0 aromatic heterocycles. The van der Waals surface area contributed by atoms with Crippen molar-refractivity contribution in [1.82, 2.24) is 0 Å². The first-order valence-corrected chi connectivity index (χ1v) is 6.03. The van der Waals surface area contributed by atoms with Crippen LogP contribution in [0.25, 0.3) is 0 Å². The number of hydrogen-bond acceptors (Lipinski definition) is 1. The minimum Gasteiger partial charge on any atom is -0.324 e. The van der Waals surface area contributed by atoms with Gasteiger partial charge in [0.15, 0.2) is 0 Å². The molecule has 1 atom stereocenters. The maximum Gasteiger partial charge on any atom is 0.126 e. The highest BCUT2D eigenvalue weighted by Crippen LogP contribution is 2.21. The molecule has 0 fully saturated rings. The molecular weight excluding hydrogens is 220 g/mol. The predicted molar refractivity (Wildman–Crippen MR) is 64.6 cm³/mol. The van der Waals surface area contributed by atoms with E-state index in [2.05, 4.69) is 6.08 Å². The van der Waals surface area contributed by atoms with Crippen molar-refractivity contribution in [1.29, 1.82) is 0 Å². The van der Waals surface area contributed by atoms with E-state index in [0.717, 1.165) is 31.7 Å². The molecule has 1 nitrogen and oxygen atoms in total. The molecule has 0 spiro atoms. The minimum absolute atomic E-state index is 0.0888. The van der Waals surface area contributed by atoms with Crippen LogP contribution in [0.2, 0.25) is 0 Å². The van der Waals surface area contributed by atoms with Gasteiger partial charge in [0.2, 0.25) is 0 Å². The Morgan fingerprint density at radius 2 is 1.82 bits per heavy atom. The van der Waals surface area contributed by atoms with Gasteiger partial charge in [-0.05, 0) is 43.4 Å². The van der Waals surface area contributed by atoms with E-state index < -0.39 is 11.6 Å². The van der Waals surface area contributed by atoms with Crippen molar-refractivity contribution in [3.63, 3.8) is 0 Å². The molecule has 1 unspecified atom stereocenters. The Balaban J connectivity index is 2.13. The zero-order valence-electron chi connectivity index (χ0n) is 9.76. The Kier molecular flexibility index (Phi) is 3.89. The van der Waals surface area contributed by atoms with Gasteiger partial charge in [0.05, 0.1) is 0 Å². The van der Waals surface area contributed by atoms with Crippen LogP contribution in [0.4, 0.5) is 8.78 Å². The second-order valence-electron chi connectivity index (χ2n) is 4.69. The van der Waals surface area contributed by atoms with Crippen molar-refractivity contribution in [3.8, 4) is 0 Å². The molecule has 2 rings (SSSR count). The fourth-order valence-electron chi connectivity index (χ4n) is 2.32. The molecule has 1 aliphatic rings. The molecule has 92 valence electrons. The first-order chi connectivity index (χ1) is 8.13. The summed E-state index contributed by atoms with van der Waals surface area (Å²) in [4.78, 5) is 0. The van der Waals surface area contributed by atoms with Gasteiger partial charge in [0.25, 0.3) is 0 Å². The summed E-state index contributed by atoms with van der Waals surface area (Å²) in [6, 6.07) is 3.77.